The minimum atomic E-state index is -0.126. The van der Waals surface area contributed by atoms with Crippen LogP contribution in [0.5, 0.6) is 0 Å². The Kier molecular flexibility index (Phi) is 5.18. The van der Waals surface area contributed by atoms with E-state index < -0.39 is 0 Å². The van der Waals surface area contributed by atoms with Crippen molar-refractivity contribution in [3.05, 3.63) is 27.7 Å². The Balaban J connectivity index is 2.08. The quantitative estimate of drug-likeness (QED) is 0.885. The van der Waals surface area contributed by atoms with Crippen molar-refractivity contribution in [2.75, 3.05) is 25.1 Å². The zero-order chi connectivity index (χ0) is 14.7. The Hall–Kier alpha value is -0.910. The summed E-state index contributed by atoms with van der Waals surface area (Å²) in [6.07, 6.45) is 0. The summed E-state index contributed by atoms with van der Waals surface area (Å²) in [7, 11) is 0. The van der Waals surface area contributed by atoms with Gasteiger partial charge in [0.1, 0.15) is 0 Å². The number of hydrogen-bond acceptors (Lipinski definition) is 3. The number of halogens is 1. The third-order valence-electron chi connectivity index (χ3n) is 3.59. The molecule has 20 heavy (non-hydrogen) atoms. The highest BCUT2D eigenvalue weighted by Crippen LogP contribution is 2.26. The largest absolute Gasteiger partial charge is 0.379 e. The third-order valence-corrected chi connectivity index (χ3v) is 4.84. The zero-order valence-electron chi connectivity index (χ0n) is 12.1. The lowest BCUT2D eigenvalue weighted by Gasteiger charge is -2.18. The molecule has 1 aliphatic rings. The molecule has 2 rings (SSSR count). The first-order valence-corrected chi connectivity index (χ1v) is 7.71. The van der Waals surface area contributed by atoms with E-state index in [0.717, 1.165) is 27.8 Å². The maximum Gasteiger partial charge on any atom is 0.231 e. The highest BCUT2D eigenvalue weighted by molar-refractivity contribution is 9.10. The zero-order valence-corrected chi connectivity index (χ0v) is 13.7. The number of amides is 1. The number of nitrogens with one attached hydrogen (secondary N) is 2. The number of carbonyl (C=O) groups is 1. The van der Waals surface area contributed by atoms with Crippen LogP contribution in [0.3, 0.4) is 0 Å². The minimum absolute atomic E-state index is 0.0228. The van der Waals surface area contributed by atoms with E-state index in [0.29, 0.717) is 13.2 Å². The van der Waals surface area contributed by atoms with Crippen molar-refractivity contribution in [2.45, 2.75) is 26.8 Å². The maximum absolute atomic E-state index is 12.4. The topological polar surface area (TPSA) is 50.4 Å². The van der Waals surface area contributed by atoms with Gasteiger partial charge in [0, 0.05) is 16.2 Å². The molecule has 1 aromatic carbocycles. The second-order valence-electron chi connectivity index (χ2n) is 5.22. The third kappa shape index (κ3) is 3.40. The van der Waals surface area contributed by atoms with Gasteiger partial charge in [0.05, 0.1) is 19.1 Å². The van der Waals surface area contributed by atoms with Crippen molar-refractivity contribution in [3.8, 4) is 0 Å². The molecule has 0 spiro atoms. The van der Waals surface area contributed by atoms with Gasteiger partial charge in [-0.15, -0.1) is 0 Å². The van der Waals surface area contributed by atoms with E-state index in [1.165, 1.54) is 0 Å². The molecule has 4 nitrogen and oxygen atoms in total. The van der Waals surface area contributed by atoms with Gasteiger partial charge in [-0.2, -0.15) is 0 Å². The molecule has 2 unspecified atom stereocenters. The molecular formula is C15H21BrN2O2. The van der Waals surface area contributed by atoms with E-state index in [1.807, 2.05) is 32.9 Å². The normalized spacial score (nSPS) is 22.0. The summed E-state index contributed by atoms with van der Waals surface area (Å²) in [4.78, 5) is 12.4. The lowest BCUT2D eigenvalue weighted by molar-refractivity contribution is -0.120. The van der Waals surface area contributed by atoms with Gasteiger partial charge in [-0.3, -0.25) is 4.79 Å². The standard InChI is InChI=1S/C15H21BrN2O2/c1-4-17-13-8-20-7-12(13)15(19)18-11-5-9(2)14(16)10(3)6-11/h5-6,12-13,17H,4,7-8H2,1-3H3,(H,18,19). The highest BCUT2D eigenvalue weighted by atomic mass is 79.9. The Morgan fingerprint density at radius 3 is 2.60 bits per heavy atom. The predicted octanol–water partition coefficient (Wildman–Crippen LogP) is 2.63. The van der Waals surface area contributed by atoms with Crippen molar-refractivity contribution in [2.24, 2.45) is 5.92 Å². The fraction of sp³-hybridized carbons (Fsp3) is 0.533. The molecule has 1 aromatic rings. The number of hydrogen-bond donors (Lipinski definition) is 2. The van der Waals surface area contributed by atoms with Crippen molar-refractivity contribution in [3.63, 3.8) is 0 Å². The Labute approximate surface area is 128 Å². The van der Waals surface area contributed by atoms with Crippen LogP contribution in [0.1, 0.15) is 18.1 Å². The second kappa shape index (κ2) is 6.70. The van der Waals surface area contributed by atoms with Gasteiger partial charge >= 0.3 is 0 Å². The molecule has 0 radical (unpaired) electrons. The summed E-state index contributed by atoms with van der Waals surface area (Å²) in [6.45, 7) is 8.01. The second-order valence-corrected chi connectivity index (χ2v) is 6.01. The molecule has 0 aliphatic carbocycles. The predicted molar refractivity (Wildman–Crippen MR) is 84.0 cm³/mol. The summed E-state index contributed by atoms with van der Waals surface area (Å²) in [5.74, 6) is -0.103. The number of rotatable bonds is 4. The van der Waals surface area contributed by atoms with E-state index >= 15 is 0 Å². The fourth-order valence-electron chi connectivity index (χ4n) is 2.53. The number of anilines is 1. The van der Waals surface area contributed by atoms with Crippen LogP contribution in [0.25, 0.3) is 0 Å². The van der Waals surface area contributed by atoms with Crippen LogP contribution in [0.4, 0.5) is 5.69 Å². The van der Waals surface area contributed by atoms with Crippen molar-refractivity contribution in [1.29, 1.82) is 0 Å². The van der Waals surface area contributed by atoms with Gasteiger partial charge in [0.25, 0.3) is 0 Å². The Morgan fingerprint density at radius 1 is 1.35 bits per heavy atom. The summed E-state index contributed by atoms with van der Waals surface area (Å²) < 4.78 is 6.51. The van der Waals surface area contributed by atoms with Gasteiger partial charge in [0.2, 0.25) is 5.91 Å². The average Bonchev–Trinajstić information content (AvgIpc) is 2.84. The van der Waals surface area contributed by atoms with Crippen LogP contribution < -0.4 is 10.6 Å². The molecule has 0 aromatic heterocycles. The molecule has 0 saturated carbocycles. The van der Waals surface area contributed by atoms with E-state index in [2.05, 4.69) is 26.6 Å². The van der Waals surface area contributed by atoms with E-state index in [-0.39, 0.29) is 17.9 Å². The molecule has 1 saturated heterocycles. The van der Waals surface area contributed by atoms with Crippen LogP contribution in [0, 0.1) is 19.8 Å². The number of likely N-dealkylation sites (N-methyl/N-ethyl adjacent to an activating group) is 1. The van der Waals surface area contributed by atoms with Gasteiger partial charge < -0.3 is 15.4 Å². The fourth-order valence-corrected chi connectivity index (χ4v) is 2.76. The number of benzene rings is 1. The minimum Gasteiger partial charge on any atom is -0.379 e. The van der Waals surface area contributed by atoms with Gasteiger partial charge in [-0.05, 0) is 43.7 Å². The van der Waals surface area contributed by atoms with Gasteiger partial charge in [-0.1, -0.05) is 22.9 Å². The Morgan fingerprint density at radius 2 is 2.00 bits per heavy atom. The lowest BCUT2D eigenvalue weighted by Crippen LogP contribution is -2.41. The first-order chi connectivity index (χ1) is 9.52. The smallest absolute Gasteiger partial charge is 0.231 e. The first kappa shape index (κ1) is 15.5. The lowest BCUT2D eigenvalue weighted by atomic mass is 10.0. The van der Waals surface area contributed by atoms with Crippen molar-refractivity contribution >= 4 is 27.5 Å². The van der Waals surface area contributed by atoms with Crippen LogP contribution in [0.2, 0.25) is 0 Å². The molecule has 5 heteroatoms. The highest BCUT2D eigenvalue weighted by Gasteiger charge is 2.33. The monoisotopic (exact) mass is 340 g/mol. The van der Waals surface area contributed by atoms with Gasteiger partial charge in [-0.25, -0.2) is 0 Å². The SMILES string of the molecule is CCNC1COCC1C(=O)Nc1cc(C)c(Br)c(C)c1. The number of ether oxygens (including phenoxy) is 1. The summed E-state index contributed by atoms with van der Waals surface area (Å²) >= 11 is 3.53. The maximum atomic E-state index is 12.4. The summed E-state index contributed by atoms with van der Waals surface area (Å²) in [5.41, 5.74) is 3.08. The van der Waals surface area contributed by atoms with Crippen LogP contribution in [0.15, 0.2) is 16.6 Å². The molecule has 1 aliphatic heterocycles. The molecule has 0 bridgehead atoms. The number of carbonyl (C=O) groups excluding carboxylic acids is 1. The van der Waals surface area contributed by atoms with Gasteiger partial charge in [0.15, 0.2) is 0 Å². The van der Waals surface area contributed by atoms with Crippen molar-refractivity contribution in [1.82, 2.24) is 5.32 Å². The van der Waals surface area contributed by atoms with E-state index in [9.17, 15) is 4.79 Å². The molecule has 1 fully saturated rings. The molecule has 2 N–H and O–H groups in total. The molecule has 1 amide bonds. The van der Waals surface area contributed by atoms with Crippen LogP contribution in [-0.2, 0) is 9.53 Å². The molecule has 2 atom stereocenters. The van der Waals surface area contributed by atoms with E-state index in [4.69, 9.17) is 4.74 Å². The van der Waals surface area contributed by atoms with E-state index in [1.54, 1.807) is 0 Å². The molecule has 110 valence electrons. The first-order valence-electron chi connectivity index (χ1n) is 6.91. The molecular weight excluding hydrogens is 320 g/mol. The van der Waals surface area contributed by atoms with Crippen LogP contribution in [-0.4, -0.2) is 31.7 Å². The summed E-state index contributed by atoms with van der Waals surface area (Å²) in [5, 5.41) is 6.30. The average molecular weight is 341 g/mol. The molecule has 1 heterocycles. The number of aryl methyl sites for hydroxylation is 2. The summed E-state index contributed by atoms with van der Waals surface area (Å²) in [6, 6.07) is 4.07. The Bertz CT molecular complexity index is 482. The van der Waals surface area contributed by atoms with Crippen LogP contribution >= 0.6 is 15.9 Å². The van der Waals surface area contributed by atoms with Crippen molar-refractivity contribution < 1.29 is 9.53 Å².